The van der Waals surface area contributed by atoms with Gasteiger partial charge in [0.15, 0.2) is 22.2 Å². The van der Waals surface area contributed by atoms with E-state index in [1.54, 1.807) is 4.57 Å². The Morgan fingerprint density at radius 2 is 1.79 bits per heavy atom. The van der Waals surface area contributed by atoms with E-state index in [2.05, 4.69) is 59.6 Å². The summed E-state index contributed by atoms with van der Waals surface area (Å²) in [7, 11) is -4.27. The summed E-state index contributed by atoms with van der Waals surface area (Å²) in [5.74, 6) is -0.916. The van der Waals surface area contributed by atoms with Gasteiger partial charge in [-0.05, 0) is 50.3 Å². The second kappa shape index (κ2) is 8.74. The predicted molar refractivity (Wildman–Crippen MR) is 133 cm³/mol. The van der Waals surface area contributed by atoms with E-state index in [-0.39, 0.29) is 17.2 Å². The lowest BCUT2D eigenvalue weighted by molar-refractivity contribution is -0.163. The Bertz CT molecular complexity index is 994. The van der Waals surface area contributed by atoms with Gasteiger partial charge >= 0.3 is 0 Å². The van der Waals surface area contributed by atoms with Gasteiger partial charge < -0.3 is 22.9 Å². The summed E-state index contributed by atoms with van der Waals surface area (Å²) in [5, 5.41) is 10.4. The van der Waals surface area contributed by atoms with Crippen LogP contribution in [0, 0.1) is 11.3 Å². The molecular weight excluding hydrogens is 452 g/mol. The van der Waals surface area contributed by atoms with E-state index in [0.717, 1.165) is 0 Å². The van der Waals surface area contributed by atoms with Crippen molar-refractivity contribution in [2.45, 2.75) is 103 Å². The van der Waals surface area contributed by atoms with Crippen LogP contribution in [0.3, 0.4) is 0 Å². The minimum atomic E-state index is -2.14. The number of nitriles is 1. The molecule has 33 heavy (non-hydrogen) atoms. The van der Waals surface area contributed by atoms with Crippen molar-refractivity contribution >= 4 is 16.6 Å². The maximum Gasteiger partial charge on any atom is 0.256 e. The van der Waals surface area contributed by atoms with Crippen molar-refractivity contribution in [3.8, 4) is 6.07 Å². The molecule has 1 saturated heterocycles. The first-order valence-electron chi connectivity index (χ1n) is 11.9. The van der Waals surface area contributed by atoms with Crippen LogP contribution in [0.5, 0.6) is 0 Å². The summed E-state index contributed by atoms with van der Waals surface area (Å²) in [6.45, 7) is 20.6. The number of rotatable bonds is 7. The fourth-order valence-corrected chi connectivity index (χ4v) is 6.62. The minimum Gasteiger partial charge on any atom is -0.412 e. The highest BCUT2D eigenvalue weighted by molar-refractivity contribution is 6.74. The van der Waals surface area contributed by atoms with Gasteiger partial charge in [0.05, 0.1) is 25.5 Å². The number of pyridine rings is 1. The van der Waals surface area contributed by atoms with Crippen LogP contribution >= 0.6 is 0 Å². The quantitative estimate of drug-likeness (QED) is 0.501. The first kappa shape index (κ1) is 26.3. The normalized spacial score (nSPS) is 20.0. The molecule has 0 amide bonds. The largest absolute Gasteiger partial charge is 0.412 e. The number of hydrogen-bond donors (Lipinski definition) is 0. The van der Waals surface area contributed by atoms with Crippen molar-refractivity contribution < 1.29 is 18.3 Å². The average Bonchev–Trinajstić information content (AvgIpc) is 3.32. The van der Waals surface area contributed by atoms with Gasteiger partial charge in [-0.1, -0.05) is 27.7 Å². The first-order chi connectivity index (χ1) is 15.1. The molecule has 0 aliphatic carbocycles. The Balaban J connectivity index is 2.22. The molecule has 1 atom stereocenters. The van der Waals surface area contributed by atoms with Gasteiger partial charge in [0.2, 0.25) is 5.79 Å². The van der Waals surface area contributed by atoms with Crippen LogP contribution in [0.2, 0.25) is 37.8 Å². The number of fused-ring (bicyclic) bond motifs is 2. The van der Waals surface area contributed by atoms with Crippen LogP contribution in [-0.2, 0) is 42.9 Å². The SMILES string of the molecule is CC[C@](C#N)(O[Si](C)(C)C)c1cc2n(c(=O)c1CO[Si](C)(C)C(C)(C)C)CCC21OCCO1. The second-order valence-corrected chi connectivity index (χ2v) is 20.9. The van der Waals surface area contributed by atoms with E-state index in [4.69, 9.17) is 18.3 Å². The molecule has 0 N–H and O–H groups in total. The topological polar surface area (TPSA) is 82.7 Å². The molecular formula is C24H40N2O5Si2. The number of nitrogens with zero attached hydrogens (tertiary/aromatic N) is 2. The maximum atomic E-state index is 13.9. The molecule has 3 heterocycles. The second-order valence-electron chi connectivity index (χ2n) is 11.6. The lowest BCUT2D eigenvalue weighted by atomic mass is 9.88. The van der Waals surface area contributed by atoms with Crippen LogP contribution in [0.15, 0.2) is 10.9 Å². The molecule has 0 radical (unpaired) electrons. The molecule has 7 nitrogen and oxygen atoms in total. The lowest BCUT2D eigenvalue weighted by Gasteiger charge is -2.38. The molecule has 0 bridgehead atoms. The van der Waals surface area contributed by atoms with Crippen LogP contribution in [0.4, 0.5) is 0 Å². The van der Waals surface area contributed by atoms with Crippen LogP contribution in [-0.4, -0.2) is 34.4 Å². The molecule has 3 rings (SSSR count). The van der Waals surface area contributed by atoms with Gasteiger partial charge in [0, 0.05) is 24.1 Å². The Labute approximate surface area is 200 Å². The molecule has 9 heteroatoms. The Morgan fingerprint density at radius 3 is 2.27 bits per heavy atom. The average molecular weight is 493 g/mol. The van der Waals surface area contributed by atoms with Crippen molar-refractivity contribution in [3.63, 3.8) is 0 Å². The maximum absolute atomic E-state index is 13.9. The highest BCUT2D eigenvalue weighted by Crippen LogP contribution is 2.43. The molecule has 184 valence electrons. The smallest absolute Gasteiger partial charge is 0.256 e. The number of ether oxygens (including phenoxy) is 2. The van der Waals surface area contributed by atoms with Gasteiger partial charge in [-0.25, -0.2) is 0 Å². The van der Waals surface area contributed by atoms with Crippen molar-refractivity contribution in [2.24, 2.45) is 0 Å². The molecule has 1 spiro atoms. The summed E-state index contributed by atoms with van der Waals surface area (Å²) in [6, 6.07) is 4.37. The van der Waals surface area contributed by atoms with Crippen LogP contribution in [0.25, 0.3) is 0 Å². The van der Waals surface area contributed by atoms with E-state index in [1.807, 2.05) is 13.0 Å². The fourth-order valence-electron chi connectivity index (χ4n) is 4.33. The van der Waals surface area contributed by atoms with Gasteiger partial charge in [-0.2, -0.15) is 5.26 Å². The Kier molecular flexibility index (Phi) is 6.97. The third-order valence-electron chi connectivity index (χ3n) is 7.19. The third-order valence-corrected chi connectivity index (χ3v) is 12.6. The Hall–Kier alpha value is -1.29. The monoisotopic (exact) mass is 492 g/mol. The summed E-state index contributed by atoms with van der Waals surface area (Å²) in [5.41, 5.74) is 0.437. The summed E-state index contributed by atoms with van der Waals surface area (Å²) < 4.78 is 26.8. The van der Waals surface area contributed by atoms with E-state index in [9.17, 15) is 10.1 Å². The van der Waals surface area contributed by atoms with E-state index >= 15 is 0 Å². The molecule has 1 aromatic heterocycles. The van der Waals surface area contributed by atoms with E-state index in [1.165, 1.54) is 0 Å². The lowest BCUT2D eigenvalue weighted by Crippen LogP contribution is -2.44. The van der Waals surface area contributed by atoms with Gasteiger partial charge in [0.25, 0.3) is 5.56 Å². The highest BCUT2D eigenvalue weighted by Gasteiger charge is 2.48. The van der Waals surface area contributed by atoms with Gasteiger partial charge in [-0.15, -0.1) is 0 Å². The zero-order chi connectivity index (χ0) is 24.9. The van der Waals surface area contributed by atoms with Gasteiger partial charge in [-0.3, -0.25) is 4.79 Å². The summed E-state index contributed by atoms with van der Waals surface area (Å²) >= 11 is 0. The molecule has 1 fully saturated rings. The standard InChI is InChI=1S/C24H40N2O5Si2/c1-10-23(17-25,31-32(5,6)7)19-15-20-24(28-13-14-29-24)11-12-26(20)21(27)18(19)16-30-33(8,9)22(2,3)4/h15H,10-14,16H2,1-9H3/t23-/m1/s1. The van der Waals surface area contributed by atoms with Crippen molar-refractivity contribution in [2.75, 3.05) is 13.2 Å². The van der Waals surface area contributed by atoms with E-state index in [0.29, 0.717) is 49.4 Å². The minimum absolute atomic E-state index is 0.00155. The molecule has 0 saturated carbocycles. The summed E-state index contributed by atoms with van der Waals surface area (Å²) in [4.78, 5) is 13.9. The van der Waals surface area contributed by atoms with Crippen molar-refractivity contribution in [1.82, 2.24) is 4.57 Å². The molecule has 2 aliphatic rings. The molecule has 1 aromatic rings. The zero-order valence-electron chi connectivity index (χ0n) is 21.8. The number of hydrogen-bond acceptors (Lipinski definition) is 6. The zero-order valence-corrected chi connectivity index (χ0v) is 23.8. The Morgan fingerprint density at radius 1 is 1.18 bits per heavy atom. The fraction of sp³-hybridized carbons (Fsp3) is 0.750. The number of aromatic nitrogens is 1. The third kappa shape index (κ3) is 4.79. The summed E-state index contributed by atoms with van der Waals surface area (Å²) in [6.07, 6.45) is 1.01. The van der Waals surface area contributed by atoms with Crippen molar-refractivity contribution in [3.05, 3.63) is 33.2 Å². The predicted octanol–water partition coefficient (Wildman–Crippen LogP) is 4.95. The van der Waals surface area contributed by atoms with Crippen LogP contribution in [0.1, 0.15) is 57.4 Å². The van der Waals surface area contributed by atoms with Gasteiger partial charge in [0.1, 0.15) is 6.07 Å². The van der Waals surface area contributed by atoms with E-state index < -0.39 is 28.0 Å². The first-order valence-corrected chi connectivity index (χ1v) is 18.2. The highest BCUT2D eigenvalue weighted by atomic mass is 28.4. The molecule has 0 aromatic carbocycles. The molecule has 2 aliphatic heterocycles. The molecule has 0 unspecified atom stereocenters. The van der Waals surface area contributed by atoms with Crippen molar-refractivity contribution in [1.29, 1.82) is 5.26 Å². The van der Waals surface area contributed by atoms with Crippen LogP contribution < -0.4 is 5.56 Å².